The van der Waals surface area contributed by atoms with E-state index in [1.165, 1.54) is 0 Å². The summed E-state index contributed by atoms with van der Waals surface area (Å²) in [5, 5.41) is 1.10. The minimum absolute atomic E-state index is 0.552. The van der Waals surface area contributed by atoms with Crippen LogP contribution in [0.1, 0.15) is 0 Å². The molecule has 0 fully saturated rings. The van der Waals surface area contributed by atoms with Gasteiger partial charge in [-0.15, -0.1) is 0 Å². The number of nitrogens with one attached hydrogen (secondary N) is 2. The van der Waals surface area contributed by atoms with Gasteiger partial charge in [-0.3, -0.25) is 0 Å². The lowest BCUT2D eigenvalue weighted by molar-refractivity contribution is 1.31. The molecule has 0 aliphatic rings. The summed E-state index contributed by atoms with van der Waals surface area (Å²) in [7, 11) is 0. The Balaban J connectivity index is 1.76. The van der Waals surface area contributed by atoms with Crippen molar-refractivity contribution in [3.8, 4) is 33.9 Å². The normalized spacial score (nSPS) is 11.2. The smallest absolute Gasteiger partial charge is 0.141 e. The number of aromatic nitrogens is 4. The van der Waals surface area contributed by atoms with E-state index in [0.717, 1.165) is 33.5 Å². The van der Waals surface area contributed by atoms with Crippen molar-refractivity contribution in [1.29, 1.82) is 0 Å². The number of halogens is 2. The molecule has 6 heteroatoms. The van der Waals surface area contributed by atoms with Crippen LogP contribution in [0.15, 0.2) is 73.1 Å². The Morgan fingerprint density at radius 3 is 2.36 bits per heavy atom. The first-order valence-corrected chi connectivity index (χ1v) is 9.49. The molecule has 3 aromatic carbocycles. The van der Waals surface area contributed by atoms with Gasteiger partial charge in [-0.05, 0) is 24.3 Å². The maximum absolute atomic E-state index is 6.42. The first-order valence-electron chi connectivity index (χ1n) is 8.74. The van der Waals surface area contributed by atoms with Gasteiger partial charge in [0.1, 0.15) is 5.82 Å². The van der Waals surface area contributed by atoms with Gasteiger partial charge in [0.15, 0.2) is 0 Å². The van der Waals surface area contributed by atoms with E-state index in [1.807, 2.05) is 66.7 Å². The van der Waals surface area contributed by atoms with Crippen LogP contribution in [0.25, 0.3) is 44.9 Å². The van der Waals surface area contributed by atoms with E-state index < -0.39 is 0 Å². The molecule has 0 spiro atoms. The van der Waals surface area contributed by atoms with Crippen molar-refractivity contribution in [2.75, 3.05) is 0 Å². The highest BCUT2D eigenvalue weighted by atomic mass is 35.5. The van der Waals surface area contributed by atoms with Crippen molar-refractivity contribution in [3.05, 3.63) is 83.1 Å². The van der Waals surface area contributed by atoms with Gasteiger partial charge >= 0.3 is 0 Å². The lowest BCUT2D eigenvalue weighted by Gasteiger charge is -2.03. The van der Waals surface area contributed by atoms with Crippen LogP contribution in [-0.4, -0.2) is 19.9 Å². The monoisotopic (exact) mass is 404 g/mol. The summed E-state index contributed by atoms with van der Waals surface area (Å²) in [5.74, 6) is 0.633. The summed E-state index contributed by atoms with van der Waals surface area (Å²) in [4.78, 5) is 15.8. The molecule has 0 saturated carbocycles. The third-order valence-corrected chi connectivity index (χ3v) is 5.29. The molecule has 136 valence electrons. The van der Waals surface area contributed by atoms with E-state index in [1.54, 1.807) is 6.33 Å². The quantitative estimate of drug-likeness (QED) is 0.356. The molecule has 2 heterocycles. The Hall–Kier alpha value is -3.08. The second-order valence-electron chi connectivity index (χ2n) is 6.41. The molecule has 0 aliphatic heterocycles. The van der Waals surface area contributed by atoms with Gasteiger partial charge in [0, 0.05) is 11.1 Å². The van der Waals surface area contributed by atoms with Gasteiger partial charge in [0.2, 0.25) is 0 Å². The highest BCUT2D eigenvalue weighted by molar-refractivity contribution is 6.39. The molecule has 5 rings (SSSR count). The summed E-state index contributed by atoms with van der Waals surface area (Å²) >= 11 is 12.8. The van der Waals surface area contributed by atoms with Crippen LogP contribution in [0.5, 0.6) is 0 Å². The van der Waals surface area contributed by atoms with Gasteiger partial charge in [0.05, 0.1) is 44.4 Å². The second kappa shape index (κ2) is 6.82. The highest BCUT2D eigenvalue weighted by Crippen LogP contribution is 2.38. The number of hydrogen-bond donors (Lipinski definition) is 2. The molecule has 2 N–H and O–H groups in total. The van der Waals surface area contributed by atoms with Crippen molar-refractivity contribution >= 4 is 34.2 Å². The molecule has 0 bridgehead atoms. The highest BCUT2D eigenvalue weighted by Gasteiger charge is 2.19. The summed E-state index contributed by atoms with van der Waals surface area (Å²) in [6.07, 6.45) is 1.69. The predicted molar refractivity (Wildman–Crippen MR) is 115 cm³/mol. The van der Waals surface area contributed by atoms with Gasteiger partial charge in [-0.2, -0.15) is 0 Å². The van der Waals surface area contributed by atoms with Crippen molar-refractivity contribution in [3.63, 3.8) is 0 Å². The van der Waals surface area contributed by atoms with Crippen LogP contribution in [-0.2, 0) is 0 Å². The molecular weight excluding hydrogens is 391 g/mol. The largest absolute Gasteiger partial charge is 0.345 e. The SMILES string of the molecule is Clc1cccc(Cl)c1-c1nc(-c2ccc3nc[nH]c3c2)c(-c2ccccc2)[nH]1. The minimum Gasteiger partial charge on any atom is -0.345 e. The van der Waals surface area contributed by atoms with Gasteiger partial charge in [-0.25, -0.2) is 9.97 Å². The first-order chi connectivity index (χ1) is 13.7. The molecule has 0 radical (unpaired) electrons. The first kappa shape index (κ1) is 17.0. The molecule has 0 saturated heterocycles. The van der Waals surface area contributed by atoms with Crippen LogP contribution >= 0.6 is 23.2 Å². The number of rotatable bonds is 3. The fourth-order valence-corrected chi connectivity index (χ4v) is 3.90. The Bertz CT molecular complexity index is 1270. The number of benzene rings is 3. The molecule has 4 nitrogen and oxygen atoms in total. The molecule has 0 unspecified atom stereocenters. The van der Waals surface area contributed by atoms with Crippen LogP contribution in [0, 0.1) is 0 Å². The Labute approximate surface area is 171 Å². The number of H-pyrrole nitrogens is 2. The maximum atomic E-state index is 6.42. The fourth-order valence-electron chi connectivity index (χ4n) is 3.32. The lowest BCUT2D eigenvalue weighted by Crippen LogP contribution is -1.84. The zero-order valence-electron chi connectivity index (χ0n) is 14.6. The molecule has 28 heavy (non-hydrogen) atoms. The number of aromatic amines is 2. The Kier molecular flexibility index (Phi) is 4.15. The summed E-state index contributed by atoms with van der Waals surface area (Å²) in [5.41, 5.74) is 6.30. The van der Waals surface area contributed by atoms with E-state index in [2.05, 4.69) is 15.0 Å². The zero-order chi connectivity index (χ0) is 19.1. The Morgan fingerprint density at radius 2 is 1.57 bits per heavy atom. The Morgan fingerprint density at radius 1 is 0.786 bits per heavy atom. The number of fused-ring (bicyclic) bond motifs is 1. The molecule has 0 atom stereocenters. The zero-order valence-corrected chi connectivity index (χ0v) is 16.1. The van der Waals surface area contributed by atoms with Crippen LogP contribution in [0.2, 0.25) is 10.0 Å². The topological polar surface area (TPSA) is 57.4 Å². The average molecular weight is 405 g/mol. The van der Waals surface area contributed by atoms with Crippen molar-refractivity contribution in [1.82, 2.24) is 19.9 Å². The predicted octanol–water partition coefficient (Wildman–Crippen LogP) is 6.59. The van der Waals surface area contributed by atoms with E-state index in [9.17, 15) is 0 Å². The summed E-state index contributed by atoms with van der Waals surface area (Å²) in [6.45, 7) is 0. The van der Waals surface area contributed by atoms with Gasteiger partial charge < -0.3 is 9.97 Å². The lowest BCUT2D eigenvalue weighted by atomic mass is 10.0. The van der Waals surface area contributed by atoms with Crippen molar-refractivity contribution in [2.24, 2.45) is 0 Å². The van der Waals surface area contributed by atoms with E-state index in [-0.39, 0.29) is 0 Å². The number of nitrogens with zero attached hydrogens (tertiary/aromatic N) is 2. The molecular formula is C22H14Cl2N4. The molecule has 2 aromatic heterocycles. The van der Waals surface area contributed by atoms with Crippen LogP contribution in [0.3, 0.4) is 0 Å². The molecule has 5 aromatic rings. The van der Waals surface area contributed by atoms with E-state index in [4.69, 9.17) is 28.2 Å². The third kappa shape index (κ3) is 2.87. The summed E-state index contributed by atoms with van der Waals surface area (Å²) in [6, 6.07) is 21.6. The number of imidazole rings is 2. The van der Waals surface area contributed by atoms with E-state index >= 15 is 0 Å². The molecule has 0 aliphatic carbocycles. The van der Waals surface area contributed by atoms with E-state index in [0.29, 0.717) is 21.4 Å². The fraction of sp³-hybridized carbons (Fsp3) is 0. The second-order valence-corrected chi connectivity index (χ2v) is 7.22. The van der Waals surface area contributed by atoms with Crippen molar-refractivity contribution in [2.45, 2.75) is 0 Å². The number of hydrogen-bond acceptors (Lipinski definition) is 2. The van der Waals surface area contributed by atoms with Crippen LogP contribution in [0.4, 0.5) is 0 Å². The standard InChI is InChI=1S/C22H14Cl2N4/c23-15-7-4-8-16(24)19(15)22-27-20(13-5-2-1-3-6-13)21(28-22)14-9-10-17-18(11-14)26-12-25-17/h1-12H,(H,25,26)(H,27,28). The molecule has 0 amide bonds. The minimum atomic E-state index is 0.552. The third-order valence-electron chi connectivity index (χ3n) is 4.66. The van der Waals surface area contributed by atoms with Gasteiger partial charge in [0.25, 0.3) is 0 Å². The van der Waals surface area contributed by atoms with Crippen LogP contribution < -0.4 is 0 Å². The average Bonchev–Trinajstić information content (AvgIpc) is 3.35. The maximum Gasteiger partial charge on any atom is 0.141 e. The summed E-state index contributed by atoms with van der Waals surface area (Å²) < 4.78 is 0. The van der Waals surface area contributed by atoms with Crippen molar-refractivity contribution < 1.29 is 0 Å². The van der Waals surface area contributed by atoms with Gasteiger partial charge in [-0.1, -0.05) is 65.7 Å².